The number of halogens is 1. The Hall–Kier alpha value is -4.34. The third-order valence-corrected chi connectivity index (χ3v) is 7.94. The number of benzene rings is 3. The molecular formula is C32H30ClN3O5S. The molecule has 0 spiro atoms. The number of nitrogens with one attached hydrogen (secondary N) is 1. The predicted molar refractivity (Wildman–Crippen MR) is 167 cm³/mol. The molecule has 0 bridgehead atoms. The average molecular weight is 604 g/mol. The van der Waals surface area contributed by atoms with Crippen LogP contribution in [0.5, 0.6) is 0 Å². The zero-order valence-electron chi connectivity index (χ0n) is 23.4. The van der Waals surface area contributed by atoms with Gasteiger partial charge in [0.25, 0.3) is 5.56 Å². The van der Waals surface area contributed by atoms with Crippen molar-refractivity contribution in [3.8, 4) is 11.1 Å². The van der Waals surface area contributed by atoms with E-state index in [-0.39, 0.29) is 30.2 Å². The minimum atomic E-state index is -3.32. The minimum absolute atomic E-state index is 0.154. The van der Waals surface area contributed by atoms with Gasteiger partial charge >= 0.3 is 5.97 Å². The molecule has 0 atom stereocenters. The van der Waals surface area contributed by atoms with Gasteiger partial charge in [0.1, 0.15) is 11.2 Å². The Morgan fingerprint density at radius 3 is 2.33 bits per heavy atom. The molecule has 2 aromatic heterocycles. The monoisotopic (exact) mass is 603 g/mol. The molecule has 216 valence electrons. The summed E-state index contributed by atoms with van der Waals surface area (Å²) in [7, 11) is -1.67. The first-order valence-electron chi connectivity index (χ1n) is 13.3. The molecule has 3 aromatic carbocycles. The summed E-state index contributed by atoms with van der Waals surface area (Å²) in [6.07, 6.45) is 2.89. The Bertz CT molecular complexity index is 1950. The van der Waals surface area contributed by atoms with Gasteiger partial charge in [0.2, 0.25) is 0 Å². The number of rotatable bonds is 9. The van der Waals surface area contributed by atoms with Crippen molar-refractivity contribution in [3.05, 3.63) is 117 Å². The molecule has 0 radical (unpaired) electrons. The number of hydrogen-bond donors (Lipinski definition) is 1. The highest BCUT2D eigenvalue weighted by molar-refractivity contribution is 7.89. The fraction of sp³-hybridized carbons (Fsp3) is 0.188. The highest BCUT2D eigenvalue weighted by Gasteiger charge is 2.24. The van der Waals surface area contributed by atoms with E-state index in [4.69, 9.17) is 16.3 Å². The summed E-state index contributed by atoms with van der Waals surface area (Å²) in [5.74, 6) is -0.692. The minimum Gasteiger partial charge on any atom is -0.461 e. The van der Waals surface area contributed by atoms with Gasteiger partial charge in [-0.25, -0.2) is 13.2 Å². The quantitative estimate of drug-likeness (QED) is 0.202. The second-order valence-electron chi connectivity index (χ2n) is 10.1. The van der Waals surface area contributed by atoms with Crippen LogP contribution in [-0.4, -0.2) is 36.4 Å². The first-order chi connectivity index (χ1) is 20.0. The van der Waals surface area contributed by atoms with Crippen molar-refractivity contribution in [2.75, 3.05) is 18.2 Å². The van der Waals surface area contributed by atoms with Crippen LogP contribution in [0.4, 0.5) is 11.4 Å². The van der Waals surface area contributed by atoms with Crippen LogP contribution in [0.15, 0.2) is 89.9 Å². The van der Waals surface area contributed by atoms with Crippen molar-refractivity contribution < 1.29 is 17.9 Å². The van der Waals surface area contributed by atoms with E-state index in [0.29, 0.717) is 38.3 Å². The summed E-state index contributed by atoms with van der Waals surface area (Å²) in [4.78, 5) is 26.8. The van der Waals surface area contributed by atoms with Crippen LogP contribution in [0.2, 0.25) is 5.02 Å². The molecule has 5 rings (SSSR count). The first-order valence-corrected chi connectivity index (χ1v) is 15.8. The number of fused-ring (bicyclic) bond motifs is 1. The summed E-state index contributed by atoms with van der Waals surface area (Å²) in [6.45, 7) is 2.19. The molecule has 0 amide bonds. The Morgan fingerprint density at radius 1 is 0.952 bits per heavy atom. The van der Waals surface area contributed by atoms with Gasteiger partial charge in [0.05, 0.1) is 12.4 Å². The molecule has 8 nitrogen and oxygen atoms in total. The first kappa shape index (κ1) is 29.2. The zero-order valence-corrected chi connectivity index (χ0v) is 25.0. The Balaban J connectivity index is 1.79. The molecule has 0 aliphatic carbocycles. The Morgan fingerprint density at radius 2 is 1.67 bits per heavy atom. The van der Waals surface area contributed by atoms with Gasteiger partial charge in [-0.15, -0.1) is 0 Å². The molecule has 0 saturated heterocycles. The molecule has 0 fully saturated rings. The average Bonchev–Trinajstić information content (AvgIpc) is 3.32. The van der Waals surface area contributed by atoms with Crippen LogP contribution in [0, 0.1) is 0 Å². The zero-order chi connectivity index (χ0) is 30.0. The Kier molecular flexibility index (Phi) is 8.24. The van der Waals surface area contributed by atoms with Gasteiger partial charge in [0.15, 0.2) is 9.84 Å². The van der Waals surface area contributed by atoms with Crippen molar-refractivity contribution in [3.63, 3.8) is 0 Å². The summed E-state index contributed by atoms with van der Waals surface area (Å²) in [6, 6.07) is 23.8. The molecule has 10 heteroatoms. The number of pyridine rings is 1. The molecule has 0 aliphatic heterocycles. The van der Waals surface area contributed by atoms with E-state index in [1.807, 2.05) is 48.5 Å². The van der Waals surface area contributed by atoms with E-state index in [1.165, 1.54) is 10.8 Å². The summed E-state index contributed by atoms with van der Waals surface area (Å²) in [5, 5.41) is 4.54. The van der Waals surface area contributed by atoms with Gasteiger partial charge in [-0.3, -0.25) is 4.79 Å². The number of aryl methyl sites for hydroxylation is 1. The lowest BCUT2D eigenvalue weighted by Crippen LogP contribution is -2.21. The topological polar surface area (TPSA) is 99.4 Å². The maximum absolute atomic E-state index is 13.7. The van der Waals surface area contributed by atoms with Gasteiger partial charge in [-0.2, -0.15) is 0 Å². The van der Waals surface area contributed by atoms with E-state index in [2.05, 4.69) is 5.32 Å². The van der Waals surface area contributed by atoms with Crippen molar-refractivity contribution >= 4 is 49.7 Å². The number of sulfone groups is 1. The largest absolute Gasteiger partial charge is 0.461 e. The molecule has 5 aromatic rings. The molecular weight excluding hydrogens is 574 g/mol. The van der Waals surface area contributed by atoms with Crippen LogP contribution in [0.25, 0.3) is 22.0 Å². The number of carbonyl (C=O) groups excluding carboxylic acids is 1. The van der Waals surface area contributed by atoms with Gasteiger partial charge in [-0.1, -0.05) is 48.0 Å². The number of esters is 1. The number of carbonyl (C=O) groups is 1. The van der Waals surface area contributed by atoms with Crippen LogP contribution in [0.3, 0.4) is 0 Å². The fourth-order valence-electron chi connectivity index (χ4n) is 5.00. The third-order valence-electron chi connectivity index (χ3n) is 6.83. The van der Waals surface area contributed by atoms with Crippen LogP contribution < -0.4 is 10.9 Å². The molecule has 1 N–H and O–H groups in total. The van der Waals surface area contributed by atoms with Crippen molar-refractivity contribution in [1.82, 2.24) is 9.13 Å². The van der Waals surface area contributed by atoms with E-state index in [1.54, 1.807) is 55.1 Å². The standard InChI is InChI=1S/C32H30ClN3O5S/c1-4-41-32(38)29-17-26-27(19-35(2)31(37)30(26)36(29)18-21-8-6-5-7-9-21)25-16-22(20-42(3,39)40)10-15-28(25)34-24-13-11-23(33)12-14-24/h5-17,19,34H,4,18,20H2,1-3H3. The SMILES string of the molecule is CCOC(=O)c1cc2c(-c3cc(CS(C)(=O)=O)ccc3Nc3ccc(Cl)cc3)cn(C)c(=O)c2n1Cc1ccccc1. The smallest absolute Gasteiger partial charge is 0.354 e. The van der Waals surface area contributed by atoms with Crippen molar-refractivity contribution in [1.29, 1.82) is 0 Å². The highest BCUT2D eigenvalue weighted by atomic mass is 35.5. The van der Waals surface area contributed by atoms with E-state index in [9.17, 15) is 18.0 Å². The summed E-state index contributed by atoms with van der Waals surface area (Å²) >= 11 is 6.09. The second-order valence-corrected chi connectivity index (χ2v) is 12.7. The summed E-state index contributed by atoms with van der Waals surface area (Å²) in [5.41, 5.74) is 4.58. The molecule has 0 unspecified atom stereocenters. The molecule has 0 aliphatic rings. The molecule has 42 heavy (non-hydrogen) atoms. The maximum atomic E-state index is 13.7. The van der Waals surface area contributed by atoms with E-state index in [0.717, 1.165) is 11.3 Å². The van der Waals surface area contributed by atoms with Crippen LogP contribution >= 0.6 is 11.6 Å². The number of hydrogen-bond acceptors (Lipinski definition) is 6. The second kappa shape index (κ2) is 11.9. The lowest BCUT2D eigenvalue weighted by molar-refractivity contribution is 0.0515. The van der Waals surface area contributed by atoms with Crippen molar-refractivity contribution in [2.45, 2.75) is 19.2 Å². The van der Waals surface area contributed by atoms with Crippen molar-refractivity contribution in [2.24, 2.45) is 7.05 Å². The van der Waals surface area contributed by atoms with Crippen LogP contribution in [0.1, 0.15) is 28.5 Å². The number of ether oxygens (including phenoxy) is 1. The normalized spacial score (nSPS) is 11.5. The number of nitrogens with zero attached hydrogens (tertiary/aromatic N) is 2. The Labute approximate surface area is 249 Å². The lowest BCUT2D eigenvalue weighted by Gasteiger charge is -2.16. The maximum Gasteiger partial charge on any atom is 0.354 e. The fourth-order valence-corrected chi connectivity index (χ4v) is 5.91. The van der Waals surface area contributed by atoms with Gasteiger partial charge < -0.3 is 19.2 Å². The lowest BCUT2D eigenvalue weighted by atomic mass is 9.99. The molecule has 0 saturated carbocycles. The van der Waals surface area contributed by atoms with Crippen LogP contribution in [-0.2, 0) is 33.9 Å². The van der Waals surface area contributed by atoms with Gasteiger partial charge in [0, 0.05) is 59.0 Å². The highest BCUT2D eigenvalue weighted by Crippen LogP contribution is 2.37. The van der Waals surface area contributed by atoms with E-state index >= 15 is 0 Å². The molecule has 2 heterocycles. The summed E-state index contributed by atoms with van der Waals surface area (Å²) < 4.78 is 32.9. The van der Waals surface area contributed by atoms with Gasteiger partial charge in [-0.05, 0) is 60.5 Å². The third kappa shape index (κ3) is 6.27. The number of aromatic nitrogens is 2. The predicted octanol–water partition coefficient (Wildman–Crippen LogP) is 6.17. The number of anilines is 2. The van der Waals surface area contributed by atoms with E-state index < -0.39 is 15.8 Å².